The molecule has 0 unspecified atom stereocenters. The Hall–Kier alpha value is -1.49. The summed E-state index contributed by atoms with van der Waals surface area (Å²) in [6.45, 7) is 2.00. The highest BCUT2D eigenvalue weighted by Gasteiger charge is 2.18. The fourth-order valence-corrected chi connectivity index (χ4v) is 3.81. The third-order valence-corrected chi connectivity index (χ3v) is 5.10. The minimum Gasteiger partial charge on any atom is -0.398 e. The molecule has 0 atom stereocenters. The van der Waals surface area contributed by atoms with E-state index in [2.05, 4.69) is 10.1 Å². The fraction of sp³-hybridized carbons (Fsp3) is 0.467. The summed E-state index contributed by atoms with van der Waals surface area (Å²) in [4.78, 5) is 4.48. The summed E-state index contributed by atoms with van der Waals surface area (Å²) >= 11 is 1.94. The molecule has 2 aromatic rings. The van der Waals surface area contributed by atoms with Gasteiger partial charge in [0.1, 0.15) is 0 Å². The van der Waals surface area contributed by atoms with Crippen LogP contribution >= 0.6 is 11.8 Å². The van der Waals surface area contributed by atoms with Crippen molar-refractivity contribution in [1.82, 2.24) is 10.1 Å². The molecule has 1 aliphatic carbocycles. The number of thioether (sulfide) groups is 1. The van der Waals surface area contributed by atoms with E-state index in [-0.39, 0.29) is 0 Å². The molecule has 1 aliphatic rings. The smallest absolute Gasteiger partial charge is 0.260 e. The molecular formula is C15H19N3OS. The van der Waals surface area contributed by atoms with Gasteiger partial charge in [0, 0.05) is 10.9 Å². The Kier molecular flexibility index (Phi) is 3.96. The van der Waals surface area contributed by atoms with E-state index in [0.29, 0.717) is 11.6 Å². The molecule has 2 N–H and O–H groups in total. The molecule has 106 valence electrons. The molecule has 0 saturated heterocycles. The van der Waals surface area contributed by atoms with E-state index in [1.807, 2.05) is 36.9 Å². The van der Waals surface area contributed by atoms with Crippen LogP contribution < -0.4 is 5.73 Å². The van der Waals surface area contributed by atoms with Crippen LogP contribution in [0.15, 0.2) is 22.7 Å². The van der Waals surface area contributed by atoms with Crippen LogP contribution in [0.5, 0.6) is 0 Å². The molecule has 0 aliphatic heterocycles. The number of aryl methyl sites for hydroxylation is 1. The molecule has 0 amide bonds. The van der Waals surface area contributed by atoms with Gasteiger partial charge in [0.15, 0.2) is 5.82 Å². The number of benzene rings is 1. The van der Waals surface area contributed by atoms with Gasteiger partial charge in [-0.2, -0.15) is 16.7 Å². The number of nitrogen functional groups attached to an aromatic ring is 1. The highest BCUT2D eigenvalue weighted by molar-refractivity contribution is 7.99. The van der Waals surface area contributed by atoms with Crippen molar-refractivity contribution < 1.29 is 4.52 Å². The number of anilines is 1. The van der Waals surface area contributed by atoms with Crippen molar-refractivity contribution in [2.75, 3.05) is 5.73 Å². The second-order valence-electron chi connectivity index (χ2n) is 5.27. The Morgan fingerprint density at radius 1 is 1.35 bits per heavy atom. The van der Waals surface area contributed by atoms with E-state index in [1.54, 1.807) is 0 Å². The lowest BCUT2D eigenvalue weighted by molar-refractivity contribution is 0.425. The first kappa shape index (κ1) is 13.5. The van der Waals surface area contributed by atoms with Crippen LogP contribution in [0, 0.1) is 6.92 Å². The quantitative estimate of drug-likeness (QED) is 0.867. The van der Waals surface area contributed by atoms with Crippen LogP contribution in [0.2, 0.25) is 0 Å². The van der Waals surface area contributed by atoms with E-state index >= 15 is 0 Å². The Labute approximate surface area is 123 Å². The predicted octanol–water partition coefficient (Wildman–Crippen LogP) is 3.80. The molecule has 1 heterocycles. The number of hydrogen-bond acceptors (Lipinski definition) is 5. The van der Waals surface area contributed by atoms with Gasteiger partial charge in [-0.3, -0.25) is 0 Å². The molecule has 4 nitrogen and oxygen atoms in total. The largest absolute Gasteiger partial charge is 0.398 e. The van der Waals surface area contributed by atoms with Crippen molar-refractivity contribution >= 4 is 17.4 Å². The Morgan fingerprint density at radius 2 is 2.15 bits per heavy atom. The van der Waals surface area contributed by atoms with E-state index in [1.165, 1.54) is 25.7 Å². The summed E-state index contributed by atoms with van der Waals surface area (Å²) in [7, 11) is 0. The van der Waals surface area contributed by atoms with E-state index < -0.39 is 0 Å². The van der Waals surface area contributed by atoms with E-state index in [9.17, 15) is 0 Å². The monoisotopic (exact) mass is 289 g/mol. The summed E-state index contributed by atoms with van der Waals surface area (Å²) < 4.78 is 5.37. The van der Waals surface area contributed by atoms with Crippen molar-refractivity contribution in [2.45, 2.75) is 43.6 Å². The first-order valence-electron chi connectivity index (χ1n) is 7.03. The highest BCUT2D eigenvalue weighted by atomic mass is 32.2. The van der Waals surface area contributed by atoms with E-state index in [4.69, 9.17) is 10.3 Å². The number of rotatable bonds is 4. The third kappa shape index (κ3) is 2.82. The van der Waals surface area contributed by atoms with Gasteiger partial charge in [0.25, 0.3) is 5.89 Å². The zero-order valence-corrected chi connectivity index (χ0v) is 12.4. The van der Waals surface area contributed by atoms with Gasteiger partial charge in [0.05, 0.1) is 11.3 Å². The normalized spacial score (nSPS) is 15.8. The lowest BCUT2D eigenvalue weighted by Gasteiger charge is -2.05. The molecule has 20 heavy (non-hydrogen) atoms. The topological polar surface area (TPSA) is 64.9 Å². The molecule has 1 saturated carbocycles. The number of aromatic nitrogens is 2. The molecule has 0 spiro atoms. The summed E-state index contributed by atoms with van der Waals surface area (Å²) in [5, 5.41) is 4.84. The highest BCUT2D eigenvalue weighted by Crippen LogP contribution is 2.32. The summed E-state index contributed by atoms with van der Waals surface area (Å²) in [5.41, 5.74) is 8.60. The Morgan fingerprint density at radius 3 is 2.90 bits per heavy atom. The number of nitrogens with zero attached hydrogens (tertiary/aromatic N) is 2. The average Bonchev–Trinajstić information content (AvgIpc) is 3.07. The maximum atomic E-state index is 6.00. The predicted molar refractivity (Wildman–Crippen MR) is 82.4 cm³/mol. The third-order valence-electron chi connectivity index (χ3n) is 3.74. The maximum absolute atomic E-state index is 6.00. The van der Waals surface area contributed by atoms with Gasteiger partial charge in [0.2, 0.25) is 0 Å². The second kappa shape index (κ2) is 5.87. The van der Waals surface area contributed by atoms with Crippen LogP contribution in [0.25, 0.3) is 11.5 Å². The molecule has 0 bridgehead atoms. The van der Waals surface area contributed by atoms with Crippen LogP contribution in [0.3, 0.4) is 0 Å². The Bertz CT molecular complexity index is 570. The van der Waals surface area contributed by atoms with E-state index in [0.717, 1.165) is 28.0 Å². The molecule has 5 heteroatoms. The molecule has 0 radical (unpaired) electrons. The molecule has 3 rings (SSSR count). The summed E-state index contributed by atoms with van der Waals surface area (Å²) in [6, 6.07) is 5.80. The van der Waals surface area contributed by atoms with Gasteiger partial charge in [-0.15, -0.1) is 0 Å². The van der Waals surface area contributed by atoms with Gasteiger partial charge in [-0.1, -0.05) is 30.1 Å². The van der Waals surface area contributed by atoms with Crippen molar-refractivity contribution in [3.05, 3.63) is 29.6 Å². The maximum Gasteiger partial charge on any atom is 0.260 e. The molecular weight excluding hydrogens is 270 g/mol. The number of hydrogen-bond donors (Lipinski definition) is 1. The molecule has 1 aromatic carbocycles. The van der Waals surface area contributed by atoms with Crippen molar-refractivity contribution in [2.24, 2.45) is 0 Å². The minimum atomic E-state index is 0.530. The van der Waals surface area contributed by atoms with Gasteiger partial charge >= 0.3 is 0 Å². The fourth-order valence-electron chi connectivity index (χ4n) is 2.64. The lowest BCUT2D eigenvalue weighted by atomic mass is 10.1. The van der Waals surface area contributed by atoms with Crippen molar-refractivity contribution in [1.29, 1.82) is 0 Å². The van der Waals surface area contributed by atoms with Crippen LogP contribution in [-0.2, 0) is 5.75 Å². The van der Waals surface area contributed by atoms with Crippen molar-refractivity contribution in [3.8, 4) is 11.5 Å². The first-order chi connectivity index (χ1) is 9.74. The zero-order valence-electron chi connectivity index (χ0n) is 11.6. The SMILES string of the molecule is Cc1cccc(N)c1-c1nc(CSC2CCCC2)no1. The second-order valence-corrected chi connectivity index (χ2v) is 6.56. The number of nitrogens with two attached hydrogens (primary N) is 1. The molecule has 1 fully saturated rings. The lowest BCUT2D eigenvalue weighted by Crippen LogP contribution is -1.96. The van der Waals surface area contributed by atoms with Crippen LogP contribution in [-0.4, -0.2) is 15.4 Å². The summed E-state index contributed by atoms with van der Waals surface area (Å²) in [5.74, 6) is 2.11. The standard InChI is InChI=1S/C15H19N3OS/c1-10-5-4-8-12(16)14(10)15-17-13(18-19-15)9-20-11-6-2-3-7-11/h4-5,8,11H,2-3,6-7,9,16H2,1H3. The molecule has 1 aromatic heterocycles. The van der Waals surface area contributed by atoms with Crippen molar-refractivity contribution in [3.63, 3.8) is 0 Å². The minimum absolute atomic E-state index is 0.530. The van der Waals surface area contributed by atoms with Crippen LogP contribution in [0.4, 0.5) is 5.69 Å². The first-order valence-corrected chi connectivity index (χ1v) is 8.08. The zero-order chi connectivity index (χ0) is 13.9. The van der Waals surface area contributed by atoms with Gasteiger partial charge < -0.3 is 10.3 Å². The van der Waals surface area contributed by atoms with Gasteiger partial charge in [-0.05, 0) is 31.4 Å². The average molecular weight is 289 g/mol. The summed E-state index contributed by atoms with van der Waals surface area (Å²) in [6.07, 6.45) is 5.35. The van der Waals surface area contributed by atoms with Gasteiger partial charge in [-0.25, -0.2) is 0 Å². The van der Waals surface area contributed by atoms with Crippen LogP contribution in [0.1, 0.15) is 37.1 Å². The Balaban J connectivity index is 1.73.